The van der Waals surface area contributed by atoms with Crippen LogP contribution in [0.15, 0.2) is 48.3 Å². The number of quaternary nitrogens is 1. The number of methoxy groups -OCH3 is 2. The van der Waals surface area contributed by atoms with Crippen LogP contribution >= 0.6 is 0 Å². The topological polar surface area (TPSA) is 96.2 Å². The predicted molar refractivity (Wildman–Crippen MR) is 108 cm³/mol. The number of rotatable bonds is 7. The summed E-state index contributed by atoms with van der Waals surface area (Å²) >= 11 is 0. The van der Waals surface area contributed by atoms with Gasteiger partial charge in [-0.05, 0) is 35.4 Å². The highest BCUT2D eigenvalue weighted by Crippen LogP contribution is 2.41. The number of pyridine rings is 1. The van der Waals surface area contributed by atoms with Crippen LogP contribution in [0, 0.1) is 0 Å². The van der Waals surface area contributed by atoms with Crippen molar-refractivity contribution in [1.82, 2.24) is 9.88 Å². The molecule has 1 atom stereocenters. The summed E-state index contributed by atoms with van der Waals surface area (Å²) < 4.78 is 10.7. The zero-order valence-electron chi connectivity index (χ0n) is 17.5. The molecule has 30 heavy (non-hydrogen) atoms. The average molecular weight is 411 g/mol. The third-order valence-electron chi connectivity index (χ3n) is 5.05. The van der Waals surface area contributed by atoms with Gasteiger partial charge in [-0.3, -0.25) is 14.6 Å². The maximum Gasteiger partial charge on any atom is 0.295 e. The molecule has 0 aliphatic carbocycles. The maximum absolute atomic E-state index is 13.2. The molecular weight excluding hydrogens is 386 g/mol. The number of nitrogens with one attached hydrogen (secondary N) is 1. The third-order valence-corrected chi connectivity index (χ3v) is 5.05. The molecule has 8 nitrogen and oxygen atoms in total. The van der Waals surface area contributed by atoms with Crippen molar-refractivity contribution in [2.45, 2.75) is 6.04 Å². The van der Waals surface area contributed by atoms with Gasteiger partial charge in [-0.2, -0.15) is 0 Å². The molecule has 1 aliphatic heterocycles. The monoisotopic (exact) mass is 411 g/mol. The summed E-state index contributed by atoms with van der Waals surface area (Å²) in [6.45, 7) is 0.957. The molecule has 1 aliphatic rings. The Morgan fingerprint density at radius 3 is 2.37 bits per heavy atom. The molecule has 0 bridgehead atoms. The van der Waals surface area contributed by atoms with Crippen molar-refractivity contribution in [2.75, 3.05) is 41.4 Å². The van der Waals surface area contributed by atoms with Gasteiger partial charge in [0.05, 0.1) is 47.4 Å². The van der Waals surface area contributed by atoms with Crippen LogP contribution in [0.25, 0.3) is 5.76 Å². The predicted octanol–water partition coefficient (Wildman–Crippen LogP) is -0.533. The first-order valence-corrected chi connectivity index (χ1v) is 9.56. The Hall–Kier alpha value is -3.39. The van der Waals surface area contributed by atoms with Gasteiger partial charge in [0.25, 0.3) is 5.91 Å². The number of benzene rings is 1. The molecule has 3 rings (SSSR count). The Kier molecular flexibility index (Phi) is 6.37. The smallest absolute Gasteiger partial charge is 0.295 e. The first kappa shape index (κ1) is 21.3. The summed E-state index contributed by atoms with van der Waals surface area (Å²) in [5.41, 5.74) is 0.858. The number of likely N-dealkylation sites (tertiary alicyclic amines) is 1. The number of carbonyl (C=O) groups excluding carboxylic acids is 2. The highest BCUT2D eigenvalue weighted by molar-refractivity contribution is 6.46. The van der Waals surface area contributed by atoms with Crippen LogP contribution in [-0.2, 0) is 9.59 Å². The van der Waals surface area contributed by atoms with Gasteiger partial charge < -0.3 is 24.4 Å². The number of Topliss-reactive ketones (excluding diaryl/α,β-unsaturated/α-hetero) is 1. The Morgan fingerprint density at radius 1 is 1.10 bits per heavy atom. The summed E-state index contributed by atoms with van der Waals surface area (Å²) in [4.78, 5) is 32.3. The molecule has 158 valence electrons. The van der Waals surface area contributed by atoms with Gasteiger partial charge in [0.2, 0.25) is 5.78 Å². The molecule has 1 amide bonds. The van der Waals surface area contributed by atoms with E-state index in [2.05, 4.69) is 4.98 Å². The van der Waals surface area contributed by atoms with Crippen LogP contribution in [0.5, 0.6) is 11.5 Å². The average Bonchev–Trinajstić information content (AvgIpc) is 3.01. The summed E-state index contributed by atoms with van der Waals surface area (Å²) in [5.74, 6) is -0.951. The van der Waals surface area contributed by atoms with Crippen LogP contribution in [-0.4, -0.2) is 63.0 Å². The van der Waals surface area contributed by atoms with E-state index in [1.165, 1.54) is 43.6 Å². The third kappa shape index (κ3) is 3.99. The minimum atomic E-state index is -0.801. The molecule has 2 aromatic rings. The van der Waals surface area contributed by atoms with E-state index in [4.69, 9.17) is 9.47 Å². The first-order chi connectivity index (χ1) is 14.4. The number of nitrogens with zero attached hydrogens (tertiary/aromatic N) is 2. The summed E-state index contributed by atoms with van der Waals surface area (Å²) in [5, 5.41) is 13.2. The van der Waals surface area contributed by atoms with E-state index in [1.54, 1.807) is 18.2 Å². The largest absolute Gasteiger partial charge is 0.872 e. The molecule has 1 saturated heterocycles. The van der Waals surface area contributed by atoms with Gasteiger partial charge in [0, 0.05) is 18.0 Å². The van der Waals surface area contributed by atoms with Crippen LogP contribution in [0.3, 0.4) is 0 Å². The maximum atomic E-state index is 13.2. The molecule has 0 spiro atoms. The highest BCUT2D eigenvalue weighted by atomic mass is 16.5. The number of ether oxygens (including phenoxy) is 2. The van der Waals surface area contributed by atoms with E-state index in [0.717, 1.165) is 4.90 Å². The second kappa shape index (κ2) is 8.96. The molecule has 1 aromatic heterocycles. The molecule has 1 fully saturated rings. The SMILES string of the molecule is COc1ccc(C2C(=C([O-])c3ccncc3)C(=O)C(=O)N2CC[NH+](C)C)cc1OC. The molecule has 1 N–H and O–H groups in total. The van der Waals surface area contributed by atoms with Crippen molar-refractivity contribution >= 4 is 17.4 Å². The van der Waals surface area contributed by atoms with E-state index in [9.17, 15) is 14.7 Å². The van der Waals surface area contributed by atoms with E-state index in [-0.39, 0.29) is 5.57 Å². The number of carbonyl (C=O) groups is 2. The minimum Gasteiger partial charge on any atom is -0.872 e. The lowest BCUT2D eigenvalue weighted by Crippen LogP contribution is -3.06. The van der Waals surface area contributed by atoms with Gasteiger partial charge in [-0.15, -0.1) is 0 Å². The van der Waals surface area contributed by atoms with Crippen molar-refractivity contribution in [3.8, 4) is 11.5 Å². The number of hydrogen-bond donors (Lipinski definition) is 1. The van der Waals surface area contributed by atoms with Gasteiger partial charge in [-0.1, -0.05) is 11.8 Å². The summed E-state index contributed by atoms with van der Waals surface area (Å²) in [6, 6.07) is 7.41. The second-order valence-electron chi connectivity index (χ2n) is 7.28. The van der Waals surface area contributed by atoms with Crippen LogP contribution in [0.1, 0.15) is 17.2 Å². The molecule has 8 heteroatoms. The van der Waals surface area contributed by atoms with Crippen molar-refractivity contribution < 1.29 is 29.1 Å². The van der Waals surface area contributed by atoms with E-state index in [1.807, 2.05) is 14.1 Å². The fraction of sp³-hybridized carbons (Fsp3) is 0.318. The standard InChI is InChI=1S/C22H25N3O5/c1-24(2)11-12-25-19(15-5-6-16(29-3)17(13-15)30-4)18(21(27)22(25)28)20(26)14-7-9-23-10-8-14/h5-10,13,19,26H,11-12H2,1-4H3. The lowest BCUT2D eigenvalue weighted by Gasteiger charge is -2.28. The number of ketones is 1. The molecule has 0 radical (unpaired) electrons. The molecule has 1 aromatic carbocycles. The van der Waals surface area contributed by atoms with Gasteiger partial charge >= 0.3 is 0 Å². The Labute approximate surface area is 175 Å². The molecule has 1 unspecified atom stereocenters. The molecular formula is C22H25N3O5. The lowest BCUT2D eigenvalue weighted by molar-refractivity contribution is -0.857. The van der Waals surface area contributed by atoms with Crippen molar-refractivity contribution in [1.29, 1.82) is 0 Å². The number of hydrogen-bond acceptors (Lipinski definition) is 6. The van der Waals surface area contributed by atoms with E-state index in [0.29, 0.717) is 35.7 Å². The van der Waals surface area contributed by atoms with Crippen molar-refractivity contribution in [3.63, 3.8) is 0 Å². The number of aromatic nitrogens is 1. The molecule has 2 heterocycles. The number of amides is 1. The summed E-state index contributed by atoms with van der Waals surface area (Å²) in [6.07, 6.45) is 2.96. The van der Waals surface area contributed by atoms with Crippen LogP contribution in [0.4, 0.5) is 0 Å². The Morgan fingerprint density at radius 2 is 1.77 bits per heavy atom. The zero-order valence-corrected chi connectivity index (χ0v) is 17.5. The Bertz CT molecular complexity index is 972. The fourth-order valence-electron chi connectivity index (χ4n) is 3.47. The van der Waals surface area contributed by atoms with Gasteiger partial charge in [0.15, 0.2) is 11.5 Å². The molecule has 0 saturated carbocycles. The lowest BCUT2D eigenvalue weighted by atomic mass is 9.95. The minimum absolute atomic E-state index is 0.0628. The van der Waals surface area contributed by atoms with Gasteiger partial charge in [0.1, 0.15) is 0 Å². The van der Waals surface area contributed by atoms with Crippen molar-refractivity contribution in [3.05, 3.63) is 59.4 Å². The quantitative estimate of drug-likeness (QED) is 0.374. The first-order valence-electron chi connectivity index (χ1n) is 9.56. The number of likely N-dealkylation sites (N-methyl/N-ethyl adjacent to an activating group) is 1. The van der Waals surface area contributed by atoms with Crippen molar-refractivity contribution in [2.24, 2.45) is 0 Å². The normalized spacial score (nSPS) is 18.2. The summed E-state index contributed by atoms with van der Waals surface area (Å²) in [7, 11) is 6.95. The fourth-order valence-corrected chi connectivity index (χ4v) is 3.47. The zero-order chi connectivity index (χ0) is 21.8. The van der Waals surface area contributed by atoms with Gasteiger partial charge in [-0.25, -0.2) is 0 Å². The van der Waals surface area contributed by atoms with E-state index < -0.39 is 23.5 Å². The highest BCUT2D eigenvalue weighted by Gasteiger charge is 2.44. The van der Waals surface area contributed by atoms with Crippen LogP contribution in [0.2, 0.25) is 0 Å². The van der Waals surface area contributed by atoms with E-state index >= 15 is 0 Å². The second-order valence-corrected chi connectivity index (χ2v) is 7.28. The van der Waals surface area contributed by atoms with Crippen LogP contribution < -0.4 is 19.5 Å². The Balaban J connectivity index is 2.17.